The van der Waals surface area contributed by atoms with Crippen molar-refractivity contribution in [3.05, 3.63) is 102 Å². The number of rotatable bonds is 12. The summed E-state index contributed by atoms with van der Waals surface area (Å²) in [6.45, 7) is 3.50. The summed E-state index contributed by atoms with van der Waals surface area (Å²) < 4.78 is 35.5. The van der Waals surface area contributed by atoms with Crippen LogP contribution in [0.15, 0.2) is 85.1 Å². The maximum Gasteiger partial charge on any atom is 0.247 e. The van der Waals surface area contributed by atoms with Gasteiger partial charge in [0.2, 0.25) is 21.8 Å². The highest BCUT2D eigenvalue weighted by Gasteiger charge is 2.39. The van der Waals surface area contributed by atoms with Gasteiger partial charge in [0.1, 0.15) is 11.8 Å². The van der Waals surface area contributed by atoms with Gasteiger partial charge in [-0.3, -0.25) is 18.9 Å². The Morgan fingerprint density at radius 1 is 0.978 bits per heavy atom. The minimum Gasteiger partial charge on any atom is -0.494 e. The predicted molar refractivity (Wildman–Crippen MR) is 177 cm³/mol. The Morgan fingerprint density at radius 2 is 1.63 bits per heavy atom. The van der Waals surface area contributed by atoms with Crippen molar-refractivity contribution in [2.45, 2.75) is 43.9 Å². The summed E-state index contributed by atoms with van der Waals surface area (Å²) in [4.78, 5) is 34.1. The Morgan fingerprint density at radius 3 is 2.30 bits per heavy atom. The lowest BCUT2D eigenvalue weighted by atomic mass is 10.0. The molecule has 5 rings (SSSR count). The van der Waals surface area contributed by atoms with Crippen LogP contribution in [0.4, 0.5) is 5.69 Å². The van der Waals surface area contributed by atoms with Crippen molar-refractivity contribution in [2.75, 3.05) is 31.0 Å². The molecule has 1 N–H and O–H groups in total. The number of para-hydroxylation sites is 1. The number of fused-ring (bicyclic) bond motifs is 1. The molecule has 1 saturated heterocycles. The van der Waals surface area contributed by atoms with Crippen molar-refractivity contribution in [1.29, 1.82) is 5.26 Å². The molecule has 1 aliphatic rings. The van der Waals surface area contributed by atoms with E-state index in [2.05, 4.69) is 16.4 Å². The lowest BCUT2D eigenvalue weighted by Crippen LogP contribution is -2.54. The molecule has 0 aliphatic carbocycles. The van der Waals surface area contributed by atoms with Crippen LogP contribution in [-0.4, -0.2) is 68.2 Å². The molecule has 2 unspecified atom stereocenters. The van der Waals surface area contributed by atoms with Gasteiger partial charge >= 0.3 is 0 Å². The predicted octanol–water partition coefficient (Wildman–Crippen LogP) is 4.23. The normalized spacial score (nSPS) is 14.3. The maximum atomic E-state index is 14.4. The monoisotopic (exact) mass is 639 g/mol. The zero-order valence-electron chi connectivity index (χ0n) is 25.9. The maximum absolute atomic E-state index is 14.4. The number of aromatic nitrogens is 1. The van der Waals surface area contributed by atoms with E-state index >= 15 is 0 Å². The minimum absolute atomic E-state index is 0.134. The first-order valence-electron chi connectivity index (χ1n) is 15.3. The number of benzene rings is 3. The van der Waals surface area contributed by atoms with E-state index in [4.69, 9.17) is 4.74 Å². The molecule has 46 heavy (non-hydrogen) atoms. The number of amides is 2. The first-order valence-corrected chi connectivity index (χ1v) is 16.8. The van der Waals surface area contributed by atoms with Crippen molar-refractivity contribution < 1.29 is 22.7 Å². The summed E-state index contributed by atoms with van der Waals surface area (Å²) in [6.07, 6.45) is 3.33. The van der Waals surface area contributed by atoms with Crippen LogP contribution >= 0.6 is 0 Å². The Labute approximate surface area is 269 Å². The average molecular weight is 640 g/mol. The van der Waals surface area contributed by atoms with E-state index in [0.29, 0.717) is 47.8 Å². The van der Waals surface area contributed by atoms with Crippen molar-refractivity contribution >= 4 is 38.4 Å². The molecular weight excluding hydrogens is 602 g/mol. The van der Waals surface area contributed by atoms with E-state index in [1.54, 1.807) is 77.8 Å². The number of anilines is 1. The third-order valence-corrected chi connectivity index (χ3v) is 10.3. The Hall–Kier alpha value is -4.95. The second-order valence-corrected chi connectivity index (χ2v) is 13.4. The lowest BCUT2D eigenvalue weighted by Gasteiger charge is -2.29. The van der Waals surface area contributed by atoms with Gasteiger partial charge in [-0.1, -0.05) is 42.5 Å². The zero-order chi connectivity index (χ0) is 32.7. The molecule has 11 heteroatoms. The van der Waals surface area contributed by atoms with Gasteiger partial charge in [0.15, 0.2) is 5.25 Å². The van der Waals surface area contributed by atoms with Crippen LogP contribution < -0.4 is 14.4 Å². The van der Waals surface area contributed by atoms with Crippen molar-refractivity contribution in [1.82, 2.24) is 15.2 Å². The number of carbonyl (C=O) groups excluding carboxylic acids is 2. The SMILES string of the molecule is CCOc1ccc(CC(C(=O)NC(Cc2ccc(C#N)cc2)C(=O)N2CCCC2)S(=O)(=O)N(C)c2cccc3cccnc23)cc1. The van der Waals surface area contributed by atoms with E-state index in [1.165, 1.54) is 7.05 Å². The molecule has 0 radical (unpaired) electrons. The summed E-state index contributed by atoms with van der Waals surface area (Å²) in [5.41, 5.74) is 2.65. The first-order chi connectivity index (χ1) is 22.2. The number of nitrogens with one attached hydrogen (secondary N) is 1. The van der Waals surface area contributed by atoms with E-state index < -0.39 is 27.2 Å². The van der Waals surface area contributed by atoms with Crippen LogP contribution in [0, 0.1) is 11.3 Å². The van der Waals surface area contributed by atoms with Crippen LogP contribution in [0.3, 0.4) is 0 Å². The van der Waals surface area contributed by atoms with Gasteiger partial charge < -0.3 is 15.0 Å². The quantitative estimate of drug-likeness (QED) is 0.245. The number of nitrogens with zero attached hydrogens (tertiary/aromatic N) is 4. The summed E-state index contributed by atoms with van der Waals surface area (Å²) in [5.74, 6) is -0.410. The number of likely N-dealkylation sites (tertiary alicyclic amines) is 1. The Kier molecular flexibility index (Phi) is 10.2. The molecule has 1 fully saturated rings. The summed E-state index contributed by atoms with van der Waals surface area (Å²) in [5, 5.41) is 11.2. The Bertz CT molecular complexity index is 1830. The van der Waals surface area contributed by atoms with Crippen molar-refractivity contribution in [2.24, 2.45) is 0 Å². The number of sulfonamides is 1. The van der Waals surface area contributed by atoms with Crippen LogP contribution in [-0.2, 0) is 32.5 Å². The van der Waals surface area contributed by atoms with Gasteiger partial charge in [-0.25, -0.2) is 8.42 Å². The van der Waals surface area contributed by atoms with Crippen LogP contribution in [0.2, 0.25) is 0 Å². The van der Waals surface area contributed by atoms with E-state index in [-0.39, 0.29) is 18.7 Å². The number of carbonyl (C=O) groups is 2. The highest BCUT2D eigenvalue weighted by atomic mass is 32.2. The summed E-state index contributed by atoms with van der Waals surface area (Å²) in [6, 6.07) is 23.7. The molecule has 1 aromatic heterocycles. The summed E-state index contributed by atoms with van der Waals surface area (Å²) in [7, 11) is -2.93. The molecule has 10 nitrogen and oxygen atoms in total. The van der Waals surface area contributed by atoms with Gasteiger partial charge in [-0.2, -0.15) is 5.26 Å². The number of nitriles is 1. The van der Waals surface area contributed by atoms with Crippen LogP contribution in [0.25, 0.3) is 10.9 Å². The second kappa shape index (κ2) is 14.4. The highest BCUT2D eigenvalue weighted by Crippen LogP contribution is 2.28. The van der Waals surface area contributed by atoms with Gasteiger partial charge in [-0.05, 0) is 73.7 Å². The molecule has 0 spiro atoms. The second-order valence-electron chi connectivity index (χ2n) is 11.2. The highest BCUT2D eigenvalue weighted by molar-refractivity contribution is 7.94. The van der Waals surface area contributed by atoms with Gasteiger partial charge in [-0.15, -0.1) is 0 Å². The van der Waals surface area contributed by atoms with Crippen molar-refractivity contribution in [3.8, 4) is 11.8 Å². The molecule has 2 atom stereocenters. The number of hydrogen-bond donors (Lipinski definition) is 1. The number of pyridine rings is 1. The van der Waals surface area contributed by atoms with Crippen LogP contribution in [0.5, 0.6) is 5.75 Å². The molecule has 2 amide bonds. The van der Waals surface area contributed by atoms with E-state index in [9.17, 15) is 23.3 Å². The Balaban J connectivity index is 1.50. The molecule has 2 heterocycles. The largest absolute Gasteiger partial charge is 0.494 e. The summed E-state index contributed by atoms with van der Waals surface area (Å²) >= 11 is 0. The van der Waals surface area contributed by atoms with E-state index in [1.807, 2.05) is 19.1 Å². The third kappa shape index (κ3) is 7.29. The first kappa shape index (κ1) is 32.4. The number of ether oxygens (including phenoxy) is 1. The fourth-order valence-electron chi connectivity index (χ4n) is 5.68. The molecular formula is C35H37N5O5S. The smallest absolute Gasteiger partial charge is 0.247 e. The standard InChI is InChI=1S/C35H37N5O5S/c1-3-45-29-17-15-26(16-18-29)23-32(46(43,44)39(2)31-10-6-8-28-9-7-19-37-33(28)31)34(41)38-30(35(42)40-20-4-5-21-40)22-25-11-13-27(24-36)14-12-25/h6-19,30,32H,3-5,20-23H2,1-2H3,(H,38,41). The van der Waals surface area contributed by atoms with Crippen LogP contribution in [0.1, 0.15) is 36.5 Å². The fourth-order valence-corrected chi connectivity index (χ4v) is 7.22. The van der Waals surface area contributed by atoms with E-state index in [0.717, 1.165) is 28.1 Å². The molecule has 0 saturated carbocycles. The average Bonchev–Trinajstić information content (AvgIpc) is 3.62. The lowest BCUT2D eigenvalue weighted by molar-refractivity contribution is -0.135. The van der Waals surface area contributed by atoms with Gasteiger partial charge in [0.05, 0.1) is 29.4 Å². The molecule has 4 aromatic rings. The molecule has 238 valence electrons. The van der Waals surface area contributed by atoms with Crippen molar-refractivity contribution in [3.63, 3.8) is 0 Å². The number of hydrogen-bond acceptors (Lipinski definition) is 7. The minimum atomic E-state index is -4.35. The molecule has 0 bridgehead atoms. The zero-order valence-corrected chi connectivity index (χ0v) is 26.7. The van der Waals surface area contributed by atoms with Gasteiger partial charge in [0, 0.05) is 38.1 Å². The molecule has 1 aliphatic heterocycles. The van der Waals surface area contributed by atoms with Gasteiger partial charge in [0.25, 0.3) is 0 Å². The topological polar surface area (TPSA) is 133 Å². The molecule has 3 aromatic carbocycles. The third-order valence-electron chi connectivity index (χ3n) is 8.20. The fraction of sp³-hybridized carbons (Fsp3) is 0.314.